The molecule has 2 aromatic heterocycles. The van der Waals surface area contributed by atoms with Crippen molar-refractivity contribution in [3.63, 3.8) is 0 Å². The molecule has 0 saturated heterocycles. The first-order valence-corrected chi connectivity index (χ1v) is 13.4. The Hall–Kier alpha value is -4.05. The van der Waals surface area contributed by atoms with E-state index in [9.17, 15) is 8.60 Å². The van der Waals surface area contributed by atoms with Crippen molar-refractivity contribution in [3.8, 4) is 17.1 Å². The lowest BCUT2D eigenvalue weighted by Gasteiger charge is -2.12. The number of fused-ring (bicyclic) bond motifs is 1. The van der Waals surface area contributed by atoms with Gasteiger partial charge in [-0.15, -0.1) is 0 Å². The van der Waals surface area contributed by atoms with Gasteiger partial charge in [0.1, 0.15) is 41.8 Å². The first-order chi connectivity index (χ1) is 19.0. The predicted octanol–water partition coefficient (Wildman–Crippen LogP) is 7.31. The van der Waals surface area contributed by atoms with Crippen LogP contribution in [0.25, 0.3) is 22.2 Å². The Kier molecular flexibility index (Phi) is 9.65. The number of benzene rings is 3. The predicted molar refractivity (Wildman–Crippen MR) is 160 cm³/mol. The highest BCUT2D eigenvalue weighted by Crippen LogP contribution is 2.33. The summed E-state index contributed by atoms with van der Waals surface area (Å²) in [6.45, 7) is 2.87. The topological polar surface area (TPSA) is 89.3 Å². The molecule has 0 aliphatic rings. The van der Waals surface area contributed by atoms with Gasteiger partial charge in [-0.1, -0.05) is 38.1 Å². The van der Waals surface area contributed by atoms with Crippen molar-refractivity contribution in [1.29, 1.82) is 0 Å². The summed E-state index contributed by atoms with van der Waals surface area (Å²) in [5, 5.41) is 9.29. The van der Waals surface area contributed by atoms with Gasteiger partial charge in [-0.3, -0.25) is 0 Å². The average Bonchev–Trinajstić information content (AvgIpc) is 3.43. The maximum Gasteiger partial charge on any atom is 0.141 e. The Morgan fingerprint density at radius 3 is 2.75 bits per heavy atom. The number of hydrogen-bond acceptors (Lipinski definition) is 7. The van der Waals surface area contributed by atoms with Crippen LogP contribution in [0.1, 0.15) is 31.7 Å². The minimum absolute atomic E-state index is 0. The van der Waals surface area contributed by atoms with E-state index < -0.39 is 0 Å². The van der Waals surface area contributed by atoms with Crippen molar-refractivity contribution in [2.75, 3.05) is 11.9 Å². The monoisotopic (exact) mass is 578 g/mol. The molecule has 0 aliphatic carbocycles. The highest BCUT2D eigenvalue weighted by Gasteiger charge is 2.15. The molecule has 2 N–H and O–H groups in total. The largest absolute Gasteiger partial charge is 0.487 e. The van der Waals surface area contributed by atoms with Crippen molar-refractivity contribution < 1.29 is 17.8 Å². The molecule has 0 amide bonds. The summed E-state index contributed by atoms with van der Waals surface area (Å²) in [5.41, 5.74) is 3.02. The summed E-state index contributed by atoms with van der Waals surface area (Å²) in [6, 6.07) is 20.8. The fourth-order valence-corrected chi connectivity index (χ4v) is 4.67. The number of ether oxygens (including phenoxy) is 1. The van der Waals surface area contributed by atoms with Crippen LogP contribution in [0, 0.1) is 5.82 Å². The molecule has 40 heavy (non-hydrogen) atoms. The molecule has 0 aliphatic heterocycles. The van der Waals surface area contributed by atoms with E-state index in [0.717, 1.165) is 16.5 Å². The summed E-state index contributed by atoms with van der Waals surface area (Å²) in [4.78, 5) is 8.82. The average molecular weight is 579 g/mol. The smallest absolute Gasteiger partial charge is 0.141 e. The quantitative estimate of drug-likeness (QED) is 0.168. The van der Waals surface area contributed by atoms with Gasteiger partial charge in [-0.05, 0) is 72.8 Å². The number of halogens is 2. The normalized spacial score (nSPS) is 11.5. The van der Waals surface area contributed by atoms with Gasteiger partial charge in [-0.25, -0.2) is 18.6 Å². The van der Waals surface area contributed by atoms with Gasteiger partial charge in [0.15, 0.2) is 0 Å². The summed E-state index contributed by atoms with van der Waals surface area (Å²) in [7, 11) is 0. The van der Waals surface area contributed by atoms with Gasteiger partial charge in [0, 0.05) is 22.0 Å². The van der Waals surface area contributed by atoms with Gasteiger partial charge in [-0.2, -0.15) is 0 Å². The molecule has 10 heteroatoms. The van der Waals surface area contributed by atoms with Gasteiger partial charge < -0.3 is 19.8 Å². The number of hydrogen-bond donors (Lipinski definition) is 2. The molecule has 0 bridgehead atoms. The maximum absolute atomic E-state index is 13.4. The Labute approximate surface area is 240 Å². The Morgan fingerprint density at radius 1 is 1.10 bits per heavy atom. The number of nitrogens with one attached hydrogen (secondary N) is 2. The van der Waals surface area contributed by atoms with Crippen molar-refractivity contribution in [2.24, 2.45) is 0 Å². The summed E-state index contributed by atoms with van der Waals surface area (Å²) >= 11 is 6.88. The van der Waals surface area contributed by atoms with E-state index >= 15 is 0 Å². The Bertz CT molecular complexity index is 1670. The molecule has 206 valence electrons. The van der Waals surface area contributed by atoms with E-state index in [-0.39, 0.29) is 25.9 Å². The van der Waals surface area contributed by atoms with Crippen molar-refractivity contribution in [1.82, 2.24) is 15.3 Å². The van der Waals surface area contributed by atoms with Crippen molar-refractivity contribution >= 4 is 50.6 Å². The summed E-state index contributed by atoms with van der Waals surface area (Å²) in [5.74, 6) is 2.09. The minimum atomic E-state index is -0.316. The zero-order chi connectivity index (χ0) is 27.2. The molecule has 0 radical (unpaired) electrons. The molecular weight excluding hydrogens is 551 g/mol. The highest BCUT2D eigenvalue weighted by molar-refractivity contribution is 7.64. The van der Waals surface area contributed by atoms with Crippen LogP contribution in [0.15, 0.2) is 83.5 Å². The third kappa shape index (κ3) is 6.74. The number of furan rings is 1. The zero-order valence-corrected chi connectivity index (χ0v) is 22.4. The number of aromatic nitrogens is 2. The second-order valence-corrected chi connectivity index (χ2v) is 9.48. The van der Waals surface area contributed by atoms with Crippen LogP contribution in [0.4, 0.5) is 15.9 Å². The van der Waals surface area contributed by atoms with E-state index in [4.69, 9.17) is 20.8 Å². The highest BCUT2D eigenvalue weighted by atomic mass is 35.5. The number of rotatable bonds is 10. The van der Waals surface area contributed by atoms with Gasteiger partial charge >= 0.3 is 0 Å². The summed E-state index contributed by atoms with van der Waals surface area (Å²) < 4.78 is 36.4. The third-order valence-corrected chi connectivity index (χ3v) is 6.63. The molecule has 0 fully saturated rings. The Morgan fingerprint density at radius 2 is 1.98 bits per heavy atom. The van der Waals surface area contributed by atoms with Crippen LogP contribution in [0.3, 0.4) is 0 Å². The van der Waals surface area contributed by atoms with E-state index in [2.05, 4.69) is 20.6 Å². The second kappa shape index (κ2) is 13.3. The molecule has 2 heterocycles. The molecule has 7 nitrogen and oxygen atoms in total. The number of nitrogens with zero attached hydrogens (tertiary/aromatic N) is 2. The van der Waals surface area contributed by atoms with Crippen LogP contribution in [-0.4, -0.2) is 26.1 Å². The lowest BCUT2D eigenvalue weighted by Crippen LogP contribution is -2.21. The lowest BCUT2D eigenvalue weighted by atomic mass is 10.1. The maximum atomic E-state index is 13.4. The zero-order valence-electron chi connectivity index (χ0n) is 20.9. The SMILES string of the molecule is C.CCNC(C=S=O)c1ccc(-c2ccc3ncnc(Nc4ccc(OCc5cccc(F)c5)c(Cl)c4)c3c2)o1. The van der Waals surface area contributed by atoms with Crippen molar-refractivity contribution in [3.05, 3.63) is 101 Å². The first kappa shape index (κ1) is 28.9. The summed E-state index contributed by atoms with van der Waals surface area (Å²) in [6.07, 6.45) is 1.49. The fourth-order valence-electron chi connectivity index (χ4n) is 4.10. The molecule has 1 atom stereocenters. The minimum Gasteiger partial charge on any atom is -0.487 e. The van der Waals surface area contributed by atoms with Crippen LogP contribution in [0.2, 0.25) is 5.02 Å². The lowest BCUT2D eigenvalue weighted by molar-refractivity contribution is 0.306. The molecule has 0 saturated carbocycles. The van der Waals surface area contributed by atoms with E-state index in [0.29, 0.717) is 57.2 Å². The van der Waals surface area contributed by atoms with Crippen LogP contribution in [0.5, 0.6) is 5.75 Å². The fraction of sp³-hybridized carbons (Fsp3) is 0.167. The third-order valence-electron chi connectivity index (χ3n) is 5.95. The second-order valence-electron chi connectivity index (χ2n) is 8.61. The molecule has 1 unspecified atom stereocenters. The molecular formula is C30H28ClFN4O3S. The first-order valence-electron chi connectivity index (χ1n) is 12.2. The number of anilines is 2. The molecule has 0 spiro atoms. The van der Waals surface area contributed by atoms with Crippen molar-refractivity contribution in [2.45, 2.75) is 27.0 Å². The van der Waals surface area contributed by atoms with E-state index in [1.807, 2.05) is 43.3 Å². The molecule has 5 aromatic rings. The van der Waals surface area contributed by atoms with Gasteiger partial charge in [0.2, 0.25) is 0 Å². The Balaban J connectivity index is 0.00000370. The van der Waals surface area contributed by atoms with Crippen LogP contribution in [-0.2, 0) is 17.9 Å². The van der Waals surface area contributed by atoms with Crippen LogP contribution >= 0.6 is 11.6 Å². The van der Waals surface area contributed by atoms with E-state index in [1.54, 1.807) is 29.6 Å². The van der Waals surface area contributed by atoms with Gasteiger partial charge in [0.05, 0.1) is 27.8 Å². The molecule has 3 aromatic carbocycles. The van der Waals surface area contributed by atoms with Gasteiger partial charge in [0.25, 0.3) is 0 Å². The standard InChI is InChI=1S/C29H24ClFN4O3S.CH4/c1-2-32-25(16-39-36)28-11-10-26(38-28)19-6-8-24-22(13-19)29(34-17-33-24)35-21-7-9-27(23(30)14-21)37-15-18-4-3-5-20(31)12-18;/h3-14,16-17,25,32H,2,15H2,1H3,(H,33,34,35);1H4. The van der Waals surface area contributed by atoms with E-state index in [1.165, 1.54) is 18.5 Å². The molecule has 5 rings (SSSR count). The van der Waals surface area contributed by atoms with Crippen LogP contribution < -0.4 is 15.4 Å².